The summed E-state index contributed by atoms with van der Waals surface area (Å²) in [6.07, 6.45) is -4.34. The number of halogens is 4. The molecule has 0 bridgehead atoms. The summed E-state index contributed by atoms with van der Waals surface area (Å²) in [6.45, 7) is 1.75. The quantitative estimate of drug-likeness (QED) is 0.631. The van der Waals surface area contributed by atoms with E-state index in [1.807, 2.05) is 0 Å². The second-order valence-electron chi connectivity index (χ2n) is 6.32. The minimum absolute atomic E-state index is 0.0275. The van der Waals surface area contributed by atoms with Gasteiger partial charge < -0.3 is 10.4 Å². The van der Waals surface area contributed by atoms with Crippen LogP contribution in [0.5, 0.6) is 5.75 Å². The zero-order chi connectivity index (χ0) is 19.8. The van der Waals surface area contributed by atoms with Gasteiger partial charge in [0.1, 0.15) is 11.8 Å². The van der Waals surface area contributed by atoms with E-state index < -0.39 is 29.7 Å². The summed E-state index contributed by atoms with van der Waals surface area (Å²) in [5, 5.41) is 12.9. The van der Waals surface area contributed by atoms with Gasteiger partial charge in [-0.25, -0.2) is 10.9 Å². The molecule has 27 heavy (non-hydrogen) atoms. The van der Waals surface area contributed by atoms with E-state index in [-0.39, 0.29) is 17.9 Å². The summed E-state index contributed by atoms with van der Waals surface area (Å²) in [6, 6.07) is 6.70. The molecule has 0 aliphatic carbocycles. The molecule has 1 heterocycles. The number of carbonyl (C=O) groups is 1. The maximum atomic E-state index is 13.1. The number of amides is 1. The lowest BCUT2D eigenvalue weighted by molar-refractivity contribution is -0.137. The molecule has 2 atom stereocenters. The first-order valence-corrected chi connectivity index (χ1v) is 8.51. The number of para-hydroxylation sites is 1. The van der Waals surface area contributed by atoms with Crippen molar-refractivity contribution >= 4 is 23.2 Å². The number of rotatable bonds is 3. The van der Waals surface area contributed by atoms with Gasteiger partial charge in [-0.15, -0.1) is 0 Å². The van der Waals surface area contributed by atoms with Crippen LogP contribution in [-0.2, 0) is 11.0 Å². The normalized spacial score (nSPS) is 19.9. The molecule has 1 fully saturated rings. The number of aromatic hydroxyl groups is 1. The summed E-state index contributed by atoms with van der Waals surface area (Å²) in [4.78, 5) is 12.4. The highest BCUT2D eigenvalue weighted by atomic mass is 35.5. The van der Waals surface area contributed by atoms with Crippen molar-refractivity contribution in [1.82, 2.24) is 10.9 Å². The van der Waals surface area contributed by atoms with Crippen LogP contribution in [0.1, 0.15) is 29.2 Å². The van der Waals surface area contributed by atoms with Crippen molar-refractivity contribution in [2.75, 3.05) is 5.32 Å². The second kappa shape index (κ2) is 7.38. The van der Waals surface area contributed by atoms with E-state index >= 15 is 0 Å². The molecule has 1 aliphatic rings. The maximum absolute atomic E-state index is 13.1. The van der Waals surface area contributed by atoms with E-state index in [9.17, 15) is 23.1 Å². The van der Waals surface area contributed by atoms with Crippen molar-refractivity contribution in [3.05, 3.63) is 58.1 Å². The molecule has 2 unspecified atom stereocenters. The van der Waals surface area contributed by atoms with Crippen LogP contribution in [0.3, 0.4) is 0 Å². The van der Waals surface area contributed by atoms with Crippen molar-refractivity contribution in [2.24, 2.45) is 0 Å². The molecular formula is C18H17ClF3N3O2. The highest BCUT2D eigenvalue weighted by Crippen LogP contribution is 2.36. The highest BCUT2D eigenvalue weighted by molar-refractivity contribution is 6.31. The van der Waals surface area contributed by atoms with E-state index in [0.717, 1.165) is 6.07 Å². The summed E-state index contributed by atoms with van der Waals surface area (Å²) in [7, 11) is 0. The number of hydrogen-bond acceptors (Lipinski definition) is 4. The standard InChI is InChI=1S/C18H17ClF3N3O2/c1-9-6-16(26)10(7-12(9)19)14-8-15(25-24-14)17(27)23-13-5-3-2-4-11(13)18(20,21)22/h2-7,14-15,24-26H,8H2,1H3,(H,23,27). The molecular weight excluding hydrogens is 383 g/mol. The predicted octanol–water partition coefficient (Wildman–Crippen LogP) is 3.92. The van der Waals surface area contributed by atoms with Gasteiger partial charge in [0.05, 0.1) is 17.3 Å². The lowest BCUT2D eigenvalue weighted by Gasteiger charge is -2.16. The van der Waals surface area contributed by atoms with E-state index in [1.165, 1.54) is 24.3 Å². The Bertz CT molecular complexity index is 873. The lowest BCUT2D eigenvalue weighted by atomic mass is 9.99. The van der Waals surface area contributed by atoms with Crippen LogP contribution in [-0.4, -0.2) is 17.1 Å². The number of phenolic OH excluding ortho intramolecular Hbond substituents is 1. The number of benzene rings is 2. The van der Waals surface area contributed by atoms with Gasteiger partial charge in [-0.1, -0.05) is 23.7 Å². The van der Waals surface area contributed by atoms with E-state index in [2.05, 4.69) is 16.2 Å². The number of phenols is 1. The van der Waals surface area contributed by atoms with E-state index in [1.54, 1.807) is 13.0 Å². The fourth-order valence-electron chi connectivity index (χ4n) is 2.95. The van der Waals surface area contributed by atoms with Gasteiger partial charge in [-0.05, 0) is 43.2 Å². The second-order valence-corrected chi connectivity index (χ2v) is 6.73. The first-order valence-electron chi connectivity index (χ1n) is 8.14. The molecule has 0 spiro atoms. The molecule has 2 aromatic rings. The summed E-state index contributed by atoms with van der Waals surface area (Å²) in [5.74, 6) is -0.584. The Hall–Kier alpha value is -2.29. The van der Waals surface area contributed by atoms with Gasteiger partial charge in [-0.2, -0.15) is 13.2 Å². The summed E-state index contributed by atoms with van der Waals surface area (Å²) < 4.78 is 39.2. The molecule has 5 nitrogen and oxygen atoms in total. The first kappa shape index (κ1) is 19.5. The van der Waals surface area contributed by atoms with Gasteiger partial charge >= 0.3 is 6.18 Å². The Kier molecular flexibility index (Phi) is 5.32. The first-order chi connectivity index (χ1) is 12.7. The average molecular weight is 400 g/mol. The van der Waals surface area contributed by atoms with Crippen molar-refractivity contribution in [2.45, 2.75) is 31.6 Å². The van der Waals surface area contributed by atoms with Gasteiger partial charge in [0.15, 0.2) is 0 Å². The Labute approximate surface area is 158 Å². The average Bonchev–Trinajstić information content (AvgIpc) is 3.07. The zero-order valence-corrected chi connectivity index (χ0v) is 14.9. The Morgan fingerprint density at radius 2 is 1.96 bits per heavy atom. The molecule has 0 aromatic heterocycles. The van der Waals surface area contributed by atoms with E-state index in [0.29, 0.717) is 16.1 Å². The van der Waals surface area contributed by atoms with Crippen molar-refractivity contribution in [3.63, 3.8) is 0 Å². The van der Waals surface area contributed by atoms with Crippen molar-refractivity contribution in [1.29, 1.82) is 0 Å². The van der Waals surface area contributed by atoms with Gasteiger partial charge in [-0.3, -0.25) is 4.79 Å². The van der Waals surface area contributed by atoms with Gasteiger partial charge in [0.2, 0.25) is 5.91 Å². The number of carbonyl (C=O) groups excluding carboxylic acids is 1. The molecule has 0 radical (unpaired) electrons. The Balaban J connectivity index is 1.73. The van der Waals surface area contributed by atoms with Crippen LogP contribution in [0, 0.1) is 6.92 Å². The maximum Gasteiger partial charge on any atom is 0.418 e. The van der Waals surface area contributed by atoms with Crippen molar-refractivity contribution in [3.8, 4) is 5.75 Å². The third kappa shape index (κ3) is 4.18. The highest BCUT2D eigenvalue weighted by Gasteiger charge is 2.36. The number of nitrogens with one attached hydrogen (secondary N) is 3. The van der Waals surface area contributed by atoms with Crippen LogP contribution in [0.25, 0.3) is 0 Å². The molecule has 1 amide bonds. The number of alkyl halides is 3. The largest absolute Gasteiger partial charge is 0.508 e. The topological polar surface area (TPSA) is 73.4 Å². The smallest absolute Gasteiger partial charge is 0.418 e. The Morgan fingerprint density at radius 3 is 2.67 bits per heavy atom. The zero-order valence-electron chi connectivity index (χ0n) is 14.2. The van der Waals surface area contributed by atoms with Crippen molar-refractivity contribution < 1.29 is 23.1 Å². The number of hydrazine groups is 1. The SMILES string of the molecule is Cc1cc(O)c(C2CC(C(=O)Nc3ccccc3C(F)(F)F)NN2)cc1Cl. The van der Waals surface area contributed by atoms with Gasteiger partial charge in [0.25, 0.3) is 0 Å². The number of hydrogen-bond donors (Lipinski definition) is 4. The van der Waals surface area contributed by atoms with Crippen LogP contribution in [0.15, 0.2) is 36.4 Å². The van der Waals surface area contributed by atoms with Crippen LogP contribution in [0.4, 0.5) is 18.9 Å². The van der Waals surface area contributed by atoms with Crippen LogP contribution >= 0.6 is 11.6 Å². The number of aryl methyl sites for hydroxylation is 1. The van der Waals surface area contributed by atoms with E-state index in [4.69, 9.17) is 11.6 Å². The molecule has 9 heteroatoms. The molecule has 4 N–H and O–H groups in total. The third-order valence-electron chi connectivity index (χ3n) is 4.39. The molecule has 3 rings (SSSR count). The minimum atomic E-state index is -4.57. The summed E-state index contributed by atoms with van der Waals surface area (Å²) >= 11 is 6.09. The Morgan fingerprint density at radius 1 is 1.26 bits per heavy atom. The third-order valence-corrected chi connectivity index (χ3v) is 4.80. The molecule has 144 valence electrons. The molecule has 2 aromatic carbocycles. The van der Waals surface area contributed by atoms with Crippen LogP contribution < -0.4 is 16.2 Å². The summed E-state index contributed by atoms with van der Waals surface area (Å²) in [5.41, 5.74) is 5.61. The fourth-order valence-corrected chi connectivity index (χ4v) is 3.12. The monoisotopic (exact) mass is 399 g/mol. The molecule has 1 saturated heterocycles. The van der Waals surface area contributed by atoms with Crippen LogP contribution in [0.2, 0.25) is 5.02 Å². The molecule has 0 saturated carbocycles. The van der Waals surface area contributed by atoms with Gasteiger partial charge in [0, 0.05) is 10.6 Å². The molecule has 1 aliphatic heterocycles. The lowest BCUT2D eigenvalue weighted by Crippen LogP contribution is -2.39. The predicted molar refractivity (Wildman–Crippen MR) is 95.3 cm³/mol. The fraction of sp³-hybridized carbons (Fsp3) is 0.278. The number of anilines is 1. The minimum Gasteiger partial charge on any atom is -0.508 e.